The Morgan fingerprint density at radius 1 is 1.43 bits per heavy atom. The largest absolute Gasteiger partial charge is 0.382 e. The minimum absolute atomic E-state index is 0.0382. The average Bonchev–Trinajstić information content (AvgIpc) is 2.80. The molecule has 2 rings (SSSR count). The summed E-state index contributed by atoms with van der Waals surface area (Å²) in [5, 5.41) is 3.94. The third-order valence-electron chi connectivity index (χ3n) is 3.88. The second-order valence-electron chi connectivity index (χ2n) is 5.92. The molecule has 1 amide bonds. The number of carbonyl (C=O) groups is 1. The molecule has 1 aromatic rings. The van der Waals surface area contributed by atoms with Crippen molar-refractivity contribution in [2.45, 2.75) is 65.0 Å². The summed E-state index contributed by atoms with van der Waals surface area (Å²) < 4.78 is 0. The summed E-state index contributed by atoms with van der Waals surface area (Å²) >= 11 is 1.37. The van der Waals surface area contributed by atoms with Crippen LogP contribution in [0.25, 0.3) is 0 Å². The molecule has 1 aliphatic carbocycles. The van der Waals surface area contributed by atoms with Gasteiger partial charge in [0.25, 0.3) is 5.91 Å². The molecular weight excluding hydrogens is 284 g/mol. The maximum Gasteiger partial charge on any atom is 0.268 e. The van der Waals surface area contributed by atoms with Gasteiger partial charge in [-0.3, -0.25) is 4.79 Å². The molecule has 118 valence electrons. The standard InChI is InChI=1S/C15H26N4OS/c1-4-19(11-8-6-5-7-9-11)14(20)12-13(16)18-15(21-12)17-10(2)3/h10-11H,4-9,16H2,1-3H3,(H,17,18). The first-order valence-corrected chi connectivity index (χ1v) is 8.68. The Hall–Kier alpha value is -1.30. The van der Waals surface area contributed by atoms with Crippen molar-refractivity contribution < 1.29 is 4.79 Å². The Labute approximate surface area is 130 Å². The molecule has 0 radical (unpaired) electrons. The smallest absolute Gasteiger partial charge is 0.268 e. The molecular formula is C15H26N4OS. The van der Waals surface area contributed by atoms with E-state index in [-0.39, 0.29) is 11.9 Å². The number of hydrogen-bond donors (Lipinski definition) is 2. The van der Waals surface area contributed by atoms with Gasteiger partial charge >= 0.3 is 0 Å². The molecule has 21 heavy (non-hydrogen) atoms. The normalized spacial score (nSPS) is 16.2. The number of aromatic nitrogens is 1. The fourth-order valence-electron chi connectivity index (χ4n) is 2.88. The van der Waals surface area contributed by atoms with Crippen LogP contribution in [0.4, 0.5) is 10.9 Å². The van der Waals surface area contributed by atoms with Gasteiger partial charge in [0, 0.05) is 18.6 Å². The number of nitrogens with one attached hydrogen (secondary N) is 1. The monoisotopic (exact) mass is 310 g/mol. The number of rotatable bonds is 5. The van der Waals surface area contributed by atoms with Crippen LogP contribution in [-0.2, 0) is 0 Å². The van der Waals surface area contributed by atoms with E-state index in [2.05, 4.69) is 10.3 Å². The third-order valence-corrected chi connectivity index (χ3v) is 4.87. The number of anilines is 2. The SMILES string of the molecule is CCN(C(=O)c1sc(NC(C)C)nc1N)C1CCCCC1. The Morgan fingerprint density at radius 3 is 2.67 bits per heavy atom. The van der Waals surface area contributed by atoms with Gasteiger partial charge in [0.15, 0.2) is 5.13 Å². The lowest BCUT2D eigenvalue weighted by Crippen LogP contribution is -2.41. The predicted octanol–water partition coefficient (Wildman–Crippen LogP) is 3.34. The van der Waals surface area contributed by atoms with Gasteiger partial charge in [-0.15, -0.1) is 0 Å². The quantitative estimate of drug-likeness (QED) is 0.875. The Morgan fingerprint density at radius 2 is 2.10 bits per heavy atom. The maximum atomic E-state index is 12.8. The molecule has 1 aromatic heterocycles. The first-order chi connectivity index (χ1) is 10.0. The van der Waals surface area contributed by atoms with Gasteiger partial charge in [0.2, 0.25) is 0 Å². The molecule has 1 fully saturated rings. The summed E-state index contributed by atoms with van der Waals surface area (Å²) in [4.78, 5) is 19.6. The molecule has 1 aliphatic rings. The lowest BCUT2D eigenvalue weighted by molar-refractivity contribution is 0.0654. The highest BCUT2D eigenvalue weighted by Gasteiger charge is 2.28. The van der Waals surface area contributed by atoms with Gasteiger partial charge in [-0.2, -0.15) is 0 Å². The molecule has 6 heteroatoms. The third kappa shape index (κ3) is 3.87. The number of amides is 1. The number of hydrogen-bond acceptors (Lipinski definition) is 5. The average molecular weight is 310 g/mol. The number of nitrogens with zero attached hydrogens (tertiary/aromatic N) is 2. The highest BCUT2D eigenvalue weighted by Crippen LogP contribution is 2.30. The van der Waals surface area contributed by atoms with E-state index in [1.165, 1.54) is 30.6 Å². The molecule has 5 nitrogen and oxygen atoms in total. The molecule has 0 spiro atoms. The zero-order chi connectivity index (χ0) is 15.4. The molecule has 0 atom stereocenters. The first kappa shape index (κ1) is 16.1. The van der Waals surface area contributed by atoms with Crippen molar-refractivity contribution in [3.8, 4) is 0 Å². The van der Waals surface area contributed by atoms with E-state index in [4.69, 9.17) is 5.73 Å². The minimum Gasteiger partial charge on any atom is -0.382 e. The molecule has 0 bridgehead atoms. The summed E-state index contributed by atoms with van der Waals surface area (Å²) in [6, 6.07) is 0.637. The van der Waals surface area contributed by atoms with E-state index in [1.54, 1.807) is 0 Å². The van der Waals surface area contributed by atoms with Gasteiger partial charge < -0.3 is 16.0 Å². The van der Waals surface area contributed by atoms with Crippen molar-refractivity contribution in [2.75, 3.05) is 17.6 Å². The highest BCUT2D eigenvalue weighted by atomic mass is 32.1. The topological polar surface area (TPSA) is 71.2 Å². The Balaban J connectivity index is 2.14. The van der Waals surface area contributed by atoms with Crippen molar-refractivity contribution in [1.29, 1.82) is 0 Å². The highest BCUT2D eigenvalue weighted by molar-refractivity contribution is 7.18. The van der Waals surface area contributed by atoms with E-state index in [0.29, 0.717) is 16.7 Å². The molecule has 0 aliphatic heterocycles. The van der Waals surface area contributed by atoms with Crippen LogP contribution in [0.5, 0.6) is 0 Å². The fourth-order valence-corrected chi connectivity index (χ4v) is 3.87. The van der Waals surface area contributed by atoms with Gasteiger partial charge in [0.05, 0.1) is 0 Å². The molecule has 0 unspecified atom stereocenters. The van der Waals surface area contributed by atoms with Crippen LogP contribution in [0.3, 0.4) is 0 Å². The summed E-state index contributed by atoms with van der Waals surface area (Å²) in [5.41, 5.74) is 5.95. The molecule has 1 saturated carbocycles. The van der Waals surface area contributed by atoms with Crippen LogP contribution in [0.2, 0.25) is 0 Å². The van der Waals surface area contributed by atoms with Crippen molar-refractivity contribution >= 4 is 28.2 Å². The zero-order valence-electron chi connectivity index (χ0n) is 13.2. The van der Waals surface area contributed by atoms with Crippen LogP contribution in [0.1, 0.15) is 62.5 Å². The fraction of sp³-hybridized carbons (Fsp3) is 0.733. The van der Waals surface area contributed by atoms with Gasteiger partial charge in [-0.05, 0) is 33.6 Å². The number of nitrogen functional groups attached to an aromatic ring is 1. The second-order valence-corrected chi connectivity index (χ2v) is 6.91. The maximum absolute atomic E-state index is 12.8. The summed E-state index contributed by atoms with van der Waals surface area (Å²) in [7, 11) is 0. The van der Waals surface area contributed by atoms with Crippen LogP contribution in [0.15, 0.2) is 0 Å². The molecule has 3 N–H and O–H groups in total. The number of thiazole rings is 1. The Kier molecular flexibility index (Phi) is 5.45. The molecule has 0 saturated heterocycles. The lowest BCUT2D eigenvalue weighted by atomic mass is 9.94. The van der Waals surface area contributed by atoms with Crippen molar-refractivity contribution in [3.05, 3.63) is 4.88 Å². The van der Waals surface area contributed by atoms with Crippen molar-refractivity contribution in [2.24, 2.45) is 0 Å². The van der Waals surface area contributed by atoms with E-state index in [9.17, 15) is 4.79 Å². The van der Waals surface area contributed by atoms with Crippen LogP contribution >= 0.6 is 11.3 Å². The summed E-state index contributed by atoms with van der Waals surface area (Å²) in [6.07, 6.45) is 5.93. The number of carbonyl (C=O) groups excluding carboxylic acids is 1. The van der Waals surface area contributed by atoms with Crippen LogP contribution < -0.4 is 11.1 Å². The van der Waals surface area contributed by atoms with Gasteiger partial charge in [-0.25, -0.2) is 4.98 Å². The van der Waals surface area contributed by atoms with E-state index in [1.807, 2.05) is 25.7 Å². The van der Waals surface area contributed by atoms with Crippen molar-refractivity contribution in [1.82, 2.24) is 9.88 Å². The van der Waals surface area contributed by atoms with Crippen LogP contribution in [-0.4, -0.2) is 34.4 Å². The number of nitrogens with two attached hydrogens (primary N) is 1. The van der Waals surface area contributed by atoms with Crippen LogP contribution in [0, 0.1) is 0 Å². The summed E-state index contributed by atoms with van der Waals surface area (Å²) in [5.74, 6) is 0.388. The van der Waals surface area contributed by atoms with E-state index in [0.717, 1.165) is 24.5 Å². The lowest BCUT2D eigenvalue weighted by Gasteiger charge is -2.33. The molecule has 0 aromatic carbocycles. The second kappa shape index (κ2) is 7.11. The van der Waals surface area contributed by atoms with E-state index < -0.39 is 0 Å². The first-order valence-electron chi connectivity index (χ1n) is 7.86. The van der Waals surface area contributed by atoms with Gasteiger partial charge in [-0.1, -0.05) is 30.6 Å². The molecule has 1 heterocycles. The van der Waals surface area contributed by atoms with Crippen molar-refractivity contribution in [3.63, 3.8) is 0 Å². The van der Waals surface area contributed by atoms with Gasteiger partial charge in [0.1, 0.15) is 10.7 Å². The van der Waals surface area contributed by atoms with E-state index >= 15 is 0 Å². The minimum atomic E-state index is 0.0382. The summed E-state index contributed by atoms with van der Waals surface area (Å²) in [6.45, 7) is 6.85. The zero-order valence-corrected chi connectivity index (χ0v) is 14.0. The predicted molar refractivity (Wildman–Crippen MR) is 88.9 cm³/mol. The Bertz CT molecular complexity index is 480.